The van der Waals surface area contributed by atoms with E-state index in [2.05, 4.69) is 10.1 Å². The molecule has 0 aromatic carbocycles. The maximum Gasteiger partial charge on any atom is 0.147 e. The van der Waals surface area contributed by atoms with Gasteiger partial charge in [0.05, 0.1) is 5.75 Å². The number of hydrogen-bond acceptors (Lipinski definition) is 5. The summed E-state index contributed by atoms with van der Waals surface area (Å²) in [6, 6.07) is 0. The Labute approximate surface area is 102 Å². The van der Waals surface area contributed by atoms with E-state index in [1.165, 1.54) is 6.26 Å². The fraction of sp³-hybridized carbons (Fsp3) is 0.900. The Morgan fingerprint density at radius 3 is 2.88 bits per heavy atom. The van der Waals surface area contributed by atoms with Crippen LogP contribution in [0.5, 0.6) is 0 Å². The van der Waals surface area contributed by atoms with Gasteiger partial charge in [-0.3, -0.25) is 0 Å². The van der Waals surface area contributed by atoms with E-state index in [9.17, 15) is 8.42 Å². The van der Waals surface area contributed by atoms with E-state index in [1.54, 1.807) is 0 Å². The number of sulfone groups is 1. The zero-order valence-electron chi connectivity index (χ0n) is 10.2. The third-order valence-corrected chi connectivity index (χ3v) is 4.06. The number of oxime groups is 1. The van der Waals surface area contributed by atoms with Crippen molar-refractivity contribution in [2.24, 2.45) is 16.8 Å². The molecule has 1 saturated heterocycles. The van der Waals surface area contributed by atoms with Crippen molar-refractivity contribution in [2.75, 3.05) is 31.6 Å². The Balaban J connectivity index is 2.35. The lowest BCUT2D eigenvalue weighted by Crippen LogP contribution is -2.41. The van der Waals surface area contributed by atoms with Gasteiger partial charge in [-0.2, -0.15) is 0 Å². The zero-order valence-corrected chi connectivity index (χ0v) is 11.0. The van der Waals surface area contributed by atoms with Crippen LogP contribution in [0.1, 0.15) is 19.3 Å². The summed E-state index contributed by atoms with van der Waals surface area (Å²) in [6.07, 6.45) is 3.82. The second-order valence-corrected chi connectivity index (χ2v) is 6.91. The molecule has 1 fully saturated rings. The number of likely N-dealkylation sites (tertiary alicyclic amines) is 1. The van der Waals surface area contributed by atoms with Crippen LogP contribution in [0.2, 0.25) is 0 Å². The third kappa shape index (κ3) is 5.36. The predicted octanol–water partition coefficient (Wildman–Crippen LogP) is -0.120. The first-order valence-corrected chi connectivity index (χ1v) is 7.86. The highest BCUT2D eigenvalue weighted by Gasteiger charge is 2.22. The Kier molecular flexibility index (Phi) is 5.20. The van der Waals surface area contributed by atoms with Gasteiger partial charge in [0.2, 0.25) is 0 Å². The molecule has 1 aliphatic heterocycles. The van der Waals surface area contributed by atoms with Gasteiger partial charge in [0.1, 0.15) is 15.7 Å². The van der Waals surface area contributed by atoms with Crippen LogP contribution >= 0.6 is 0 Å². The minimum absolute atomic E-state index is 0.0898. The molecule has 1 heterocycles. The summed E-state index contributed by atoms with van der Waals surface area (Å²) >= 11 is 0. The number of rotatable bonds is 5. The lowest BCUT2D eigenvalue weighted by Gasteiger charge is -2.31. The van der Waals surface area contributed by atoms with Gasteiger partial charge >= 0.3 is 0 Å². The quantitative estimate of drug-likeness (QED) is 0.312. The number of hydrogen-bond donors (Lipinski definition) is 2. The molecule has 0 saturated carbocycles. The van der Waals surface area contributed by atoms with E-state index < -0.39 is 9.84 Å². The topological polar surface area (TPSA) is 96.0 Å². The van der Waals surface area contributed by atoms with Gasteiger partial charge in [-0.15, -0.1) is 0 Å². The first kappa shape index (κ1) is 14.2. The Morgan fingerprint density at radius 1 is 1.59 bits per heavy atom. The highest BCUT2D eigenvalue weighted by Crippen LogP contribution is 2.16. The van der Waals surface area contributed by atoms with Crippen molar-refractivity contribution in [3.63, 3.8) is 0 Å². The molecule has 1 unspecified atom stereocenters. The molecule has 6 nitrogen and oxygen atoms in total. The smallest absolute Gasteiger partial charge is 0.147 e. The molecular weight excluding hydrogens is 242 g/mol. The highest BCUT2D eigenvalue weighted by molar-refractivity contribution is 7.90. The maximum absolute atomic E-state index is 11.0. The van der Waals surface area contributed by atoms with Gasteiger partial charge in [-0.1, -0.05) is 5.16 Å². The fourth-order valence-electron chi connectivity index (χ4n) is 2.13. The van der Waals surface area contributed by atoms with Crippen LogP contribution in [0.3, 0.4) is 0 Å². The summed E-state index contributed by atoms with van der Waals surface area (Å²) in [4.78, 5) is 2.18. The van der Waals surface area contributed by atoms with Crippen molar-refractivity contribution >= 4 is 15.7 Å². The normalized spacial score (nSPS) is 23.8. The van der Waals surface area contributed by atoms with Crippen molar-refractivity contribution < 1.29 is 13.6 Å². The molecule has 0 bridgehead atoms. The molecule has 3 N–H and O–H groups in total. The number of nitrogens with zero attached hydrogens (tertiary/aromatic N) is 2. The molecule has 1 atom stereocenters. The van der Waals surface area contributed by atoms with Gasteiger partial charge in [0.25, 0.3) is 0 Å². The SMILES string of the molecule is CS(=O)(=O)CCCN1CCCC(C(N)=NO)C1. The van der Waals surface area contributed by atoms with E-state index in [-0.39, 0.29) is 17.5 Å². The first-order valence-electron chi connectivity index (χ1n) is 5.80. The van der Waals surface area contributed by atoms with Crippen LogP contribution in [-0.2, 0) is 9.84 Å². The second-order valence-electron chi connectivity index (χ2n) is 4.65. The minimum atomic E-state index is -2.87. The average molecular weight is 263 g/mol. The number of nitrogens with two attached hydrogens (primary N) is 1. The summed E-state index contributed by atoms with van der Waals surface area (Å²) in [5, 5.41) is 11.7. The van der Waals surface area contributed by atoms with Gasteiger partial charge in [-0.25, -0.2) is 8.42 Å². The van der Waals surface area contributed by atoms with E-state index in [1.807, 2.05) is 0 Å². The Hall–Kier alpha value is -0.820. The highest BCUT2D eigenvalue weighted by atomic mass is 32.2. The van der Waals surface area contributed by atoms with Crippen molar-refractivity contribution in [1.82, 2.24) is 4.90 Å². The molecule has 17 heavy (non-hydrogen) atoms. The van der Waals surface area contributed by atoms with Crippen LogP contribution in [0, 0.1) is 5.92 Å². The van der Waals surface area contributed by atoms with Gasteiger partial charge in [0.15, 0.2) is 0 Å². The summed E-state index contributed by atoms with van der Waals surface area (Å²) in [5.74, 6) is 0.586. The van der Waals surface area contributed by atoms with E-state index >= 15 is 0 Å². The van der Waals surface area contributed by atoms with E-state index in [0.717, 1.165) is 32.5 Å². The number of amidine groups is 1. The van der Waals surface area contributed by atoms with Gasteiger partial charge in [-0.05, 0) is 32.4 Å². The number of piperidine rings is 1. The van der Waals surface area contributed by atoms with Crippen LogP contribution in [-0.4, -0.2) is 56.0 Å². The Morgan fingerprint density at radius 2 is 2.29 bits per heavy atom. The largest absolute Gasteiger partial charge is 0.409 e. The monoisotopic (exact) mass is 263 g/mol. The van der Waals surface area contributed by atoms with Crippen LogP contribution < -0.4 is 5.73 Å². The standard InChI is InChI=1S/C10H21N3O3S/c1-17(15,16)7-3-6-13-5-2-4-9(8-13)10(11)12-14/h9,14H,2-8H2,1H3,(H2,11,12). The summed E-state index contributed by atoms with van der Waals surface area (Å²) < 4.78 is 22.0. The van der Waals surface area contributed by atoms with Crippen molar-refractivity contribution in [2.45, 2.75) is 19.3 Å². The van der Waals surface area contributed by atoms with Crippen LogP contribution in [0.4, 0.5) is 0 Å². The third-order valence-electron chi connectivity index (χ3n) is 3.03. The molecule has 100 valence electrons. The maximum atomic E-state index is 11.0. The predicted molar refractivity (Wildman–Crippen MR) is 66.9 cm³/mol. The molecule has 1 aliphatic rings. The van der Waals surface area contributed by atoms with E-state index in [4.69, 9.17) is 10.9 Å². The van der Waals surface area contributed by atoms with Crippen LogP contribution in [0.15, 0.2) is 5.16 Å². The van der Waals surface area contributed by atoms with Crippen molar-refractivity contribution in [3.05, 3.63) is 0 Å². The summed E-state index contributed by atoms with van der Waals surface area (Å²) in [7, 11) is -2.87. The van der Waals surface area contributed by atoms with Crippen LogP contribution in [0.25, 0.3) is 0 Å². The van der Waals surface area contributed by atoms with Crippen molar-refractivity contribution in [1.29, 1.82) is 0 Å². The molecule has 7 heteroatoms. The Bertz CT molecular complexity index is 367. The minimum Gasteiger partial charge on any atom is -0.409 e. The fourth-order valence-corrected chi connectivity index (χ4v) is 2.79. The molecule has 0 amide bonds. The van der Waals surface area contributed by atoms with Crippen molar-refractivity contribution in [3.8, 4) is 0 Å². The molecule has 0 radical (unpaired) electrons. The van der Waals surface area contributed by atoms with E-state index in [0.29, 0.717) is 6.42 Å². The molecule has 0 aromatic rings. The summed E-state index contributed by atoms with van der Waals surface area (Å²) in [6.45, 7) is 2.46. The second kappa shape index (κ2) is 6.20. The lowest BCUT2D eigenvalue weighted by atomic mass is 9.97. The summed E-state index contributed by atoms with van der Waals surface area (Å²) in [5.41, 5.74) is 5.59. The molecule has 0 aliphatic carbocycles. The molecule has 1 rings (SSSR count). The first-order chi connectivity index (χ1) is 7.92. The zero-order chi connectivity index (χ0) is 12.9. The average Bonchev–Trinajstić information content (AvgIpc) is 2.27. The lowest BCUT2D eigenvalue weighted by molar-refractivity contribution is 0.201. The molecular formula is C10H21N3O3S. The van der Waals surface area contributed by atoms with Gasteiger partial charge in [0, 0.05) is 18.7 Å². The molecule has 0 spiro atoms. The van der Waals surface area contributed by atoms with Gasteiger partial charge < -0.3 is 15.8 Å². The molecule has 0 aromatic heterocycles.